The van der Waals surface area contributed by atoms with Crippen LogP contribution in [-0.2, 0) is 0 Å². The lowest BCUT2D eigenvalue weighted by Gasteiger charge is -2.04. The summed E-state index contributed by atoms with van der Waals surface area (Å²) in [5, 5.41) is 8.61. The Balaban J connectivity index is 3.41. The molecule has 3 nitrogen and oxygen atoms in total. The number of aldehydes is 1. The van der Waals surface area contributed by atoms with E-state index in [2.05, 4.69) is 4.98 Å². The fourth-order valence-corrected chi connectivity index (χ4v) is 0.992. The van der Waals surface area contributed by atoms with E-state index in [1.165, 1.54) is 6.92 Å². The van der Waals surface area contributed by atoms with Gasteiger partial charge in [-0.3, -0.25) is 4.79 Å². The van der Waals surface area contributed by atoms with Gasteiger partial charge in [0.15, 0.2) is 6.29 Å². The van der Waals surface area contributed by atoms with Gasteiger partial charge in [0.05, 0.1) is 11.6 Å². The van der Waals surface area contributed by atoms with Crippen molar-refractivity contribution >= 4 is 6.29 Å². The van der Waals surface area contributed by atoms with Gasteiger partial charge in [-0.05, 0) is 18.6 Å². The zero-order valence-electron chi connectivity index (χ0n) is 7.29. The second-order valence-electron chi connectivity index (χ2n) is 2.64. The van der Waals surface area contributed by atoms with E-state index in [1.54, 1.807) is 6.07 Å². The van der Waals surface area contributed by atoms with Crippen LogP contribution in [0, 0.1) is 18.3 Å². The molecule has 0 atom stereocenters. The number of halogens is 2. The van der Waals surface area contributed by atoms with E-state index in [4.69, 9.17) is 5.26 Å². The maximum Gasteiger partial charge on any atom is 0.280 e. The summed E-state index contributed by atoms with van der Waals surface area (Å²) < 4.78 is 24.5. The van der Waals surface area contributed by atoms with Gasteiger partial charge in [0.25, 0.3) is 6.43 Å². The van der Waals surface area contributed by atoms with Crippen LogP contribution in [0.15, 0.2) is 6.07 Å². The number of rotatable bonds is 2. The van der Waals surface area contributed by atoms with Crippen LogP contribution in [0.1, 0.15) is 33.7 Å². The van der Waals surface area contributed by atoms with E-state index >= 15 is 0 Å². The van der Waals surface area contributed by atoms with Crippen molar-refractivity contribution in [2.45, 2.75) is 13.3 Å². The number of pyridine rings is 1. The lowest BCUT2D eigenvalue weighted by Crippen LogP contribution is -2.01. The number of carbonyl (C=O) groups excluding carboxylic acids is 1. The van der Waals surface area contributed by atoms with E-state index in [0.717, 1.165) is 6.07 Å². The Kier molecular flexibility index (Phi) is 2.87. The number of nitriles is 1. The molecule has 0 aliphatic carbocycles. The molecule has 0 fully saturated rings. The van der Waals surface area contributed by atoms with Gasteiger partial charge in [0.1, 0.15) is 11.4 Å². The summed E-state index contributed by atoms with van der Waals surface area (Å²) in [6.45, 7) is 1.49. The lowest BCUT2D eigenvalue weighted by molar-refractivity contribution is 0.111. The van der Waals surface area contributed by atoms with Crippen LogP contribution in [0.2, 0.25) is 0 Å². The molecule has 0 aliphatic rings. The Morgan fingerprint density at radius 1 is 1.64 bits per heavy atom. The number of carbonyl (C=O) groups is 1. The third-order valence-electron chi connectivity index (χ3n) is 1.79. The van der Waals surface area contributed by atoms with E-state index in [1.807, 2.05) is 0 Å². The highest BCUT2D eigenvalue weighted by atomic mass is 19.3. The van der Waals surface area contributed by atoms with Crippen LogP contribution in [0.5, 0.6) is 0 Å². The first-order valence-corrected chi connectivity index (χ1v) is 3.75. The third kappa shape index (κ3) is 1.74. The number of nitrogens with zero attached hydrogens (tertiary/aromatic N) is 2. The van der Waals surface area contributed by atoms with Gasteiger partial charge < -0.3 is 0 Å². The third-order valence-corrected chi connectivity index (χ3v) is 1.79. The number of hydrogen-bond acceptors (Lipinski definition) is 3. The molecule has 1 heterocycles. The fraction of sp³-hybridized carbons (Fsp3) is 0.222. The quantitative estimate of drug-likeness (QED) is 0.680. The van der Waals surface area contributed by atoms with Crippen molar-refractivity contribution in [1.82, 2.24) is 4.98 Å². The lowest BCUT2D eigenvalue weighted by atomic mass is 10.1. The smallest absolute Gasteiger partial charge is 0.280 e. The van der Waals surface area contributed by atoms with E-state index in [-0.39, 0.29) is 11.3 Å². The van der Waals surface area contributed by atoms with Crippen molar-refractivity contribution in [3.05, 3.63) is 28.6 Å². The molecule has 0 bridgehead atoms. The minimum Gasteiger partial charge on any atom is -0.296 e. The summed E-state index contributed by atoms with van der Waals surface area (Å²) in [7, 11) is 0. The largest absolute Gasteiger partial charge is 0.296 e. The van der Waals surface area contributed by atoms with Gasteiger partial charge in [-0.25, -0.2) is 13.8 Å². The Morgan fingerprint density at radius 2 is 2.29 bits per heavy atom. The zero-order chi connectivity index (χ0) is 10.7. The second kappa shape index (κ2) is 3.92. The first-order chi connectivity index (χ1) is 6.60. The second-order valence-corrected chi connectivity index (χ2v) is 2.64. The molecular weight excluding hydrogens is 190 g/mol. The highest BCUT2D eigenvalue weighted by molar-refractivity contribution is 5.75. The zero-order valence-corrected chi connectivity index (χ0v) is 7.29. The molecule has 0 spiro atoms. The molecule has 0 unspecified atom stereocenters. The van der Waals surface area contributed by atoms with Crippen molar-refractivity contribution in [3.8, 4) is 6.07 Å². The molecule has 0 N–H and O–H groups in total. The Bertz CT molecular complexity index is 410. The average Bonchev–Trinajstić information content (AvgIpc) is 2.17. The summed E-state index contributed by atoms with van der Waals surface area (Å²) in [6.07, 6.45) is -2.41. The molecule has 1 aromatic heterocycles. The minimum atomic E-state index is -2.78. The summed E-state index contributed by atoms with van der Waals surface area (Å²) in [4.78, 5) is 13.9. The average molecular weight is 196 g/mol. The molecule has 0 saturated carbocycles. The van der Waals surface area contributed by atoms with Crippen LogP contribution in [-0.4, -0.2) is 11.3 Å². The van der Waals surface area contributed by atoms with Crippen molar-refractivity contribution in [3.63, 3.8) is 0 Å². The predicted molar refractivity (Wildman–Crippen MR) is 44.0 cm³/mol. The monoisotopic (exact) mass is 196 g/mol. The highest BCUT2D eigenvalue weighted by Gasteiger charge is 2.14. The van der Waals surface area contributed by atoms with Gasteiger partial charge in [-0.2, -0.15) is 5.26 Å². The summed E-state index contributed by atoms with van der Waals surface area (Å²) in [5.41, 5.74) is -0.280. The topological polar surface area (TPSA) is 53.8 Å². The molecular formula is C9H6F2N2O. The maximum atomic E-state index is 12.2. The molecule has 0 aromatic carbocycles. The van der Waals surface area contributed by atoms with Gasteiger partial charge in [0.2, 0.25) is 0 Å². The number of hydrogen-bond donors (Lipinski definition) is 0. The number of alkyl halides is 2. The maximum absolute atomic E-state index is 12.2. The first-order valence-electron chi connectivity index (χ1n) is 3.75. The highest BCUT2D eigenvalue weighted by Crippen LogP contribution is 2.20. The van der Waals surface area contributed by atoms with E-state index in [9.17, 15) is 13.6 Å². The van der Waals surface area contributed by atoms with Crippen LogP contribution < -0.4 is 0 Å². The van der Waals surface area contributed by atoms with Gasteiger partial charge in [0, 0.05) is 0 Å². The Morgan fingerprint density at radius 3 is 2.71 bits per heavy atom. The van der Waals surface area contributed by atoms with Gasteiger partial charge in [-0.1, -0.05) is 0 Å². The molecule has 5 heteroatoms. The summed E-state index contributed by atoms with van der Waals surface area (Å²) in [5.74, 6) is 0. The van der Waals surface area contributed by atoms with Crippen LogP contribution >= 0.6 is 0 Å². The van der Waals surface area contributed by atoms with E-state index in [0.29, 0.717) is 11.8 Å². The molecule has 1 rings (SSSR count). The normalized spacial score (nSPS) is 9.93. The molecule has 14 heavy (non-hydrogen) atoms. The molecule has 72 valence electrons. The minimum absolute atomic E-state index is 0.0531. The molecule has 0 aliphatic heterocycles. The van der Waals surface area contributed by atoms with Crippen molar-refractivity contribution < 1.29 is 13.6 Å². The summed E-state index contributed by atoms with van der Waals surface area (Å²) >= 11 is 0. The molecule has 0 saturated heterocycles. The Labute approximate surface area is 79.0 Å². The van der Waals surface area contributed by atoms with Crippen LogP contribution in [0.4, 0.5) is 8.78 Å². The van der Waals surface area contributed by atoms with E-state index < -0.39 is 12.1 Å². The Hall–Kier alpha value is -1.83. The van der Waals surface area contributed by atoms with Crippen molar-refractivity contribution in [2.75, 3.05) is 0 Å². The van der Waals surface area contributed by atoms with Crippen LogP contribution in [0.3, 0.4) is 0 Å². The standard InChI is InChI=1S/C9H6F2N2O/c1-5-6(3-12)2-7(9(10)11)13-8(5)4-14/h2,4,9H,1H3. The van der Waals surface area contributed by atoms with Crippen LogP contribution in [0.25, 0.3) is 0 Å². The van der Waals surface area contributed by atoms with Crippen molar-refractivity contribution in [1.29, 1.82) is 5.26 Å². The predicted octanol–water partition coefficient (Wildman–Crippen LogP) is 2.01. The van der Waals surface area contributed by atoms with Gasteiger partial charge in [-0.15, -0.1) is 0 Å². The first kappa shape index (κ1) is 10.3. The molecule has 1 aromatic rings. The fourth-order valence-electron chi connectivity index (χ4n) is 0.992. The number of aromatic nitrogens is 1. The summed E-state index contributed by atoms with van der Waals surface area (Å²) in [6, 6.07) is 2.73. The van der Waals surface area contributed by atoms with Gasteiger partial charge >= 0.3 is 0 Å². The SMILES string of the molecule is Cc1c(C#N)cc(C(F)F)nc1C=O. The molecule has 0 amide bonds. The molecule has 0 radical (unpaired) electrons. The van der Waals surface area contributed by atoms with Crippen molar-refractivity contribution in [2.24, 2.45) is 0 Å².